The van der Waals surface area contributed by atoms with Crippen LogP contribution in [0.1, 0.15) is 5.82 Å². The third-order valence-corrected chi connectivity index (χ3v) is 3.70. The van der Waals surface area contributed by atoms with Crippen molar-refractivity contribution in [2.75, 3.05) is 18.0 Å². The number of isothiocyanates is 1. The van der Waals surface area contributed by atoms with Gasteiger partial charge in [-0.25, -0.2) is 9.79 Å². The summed E-state index contributed by atoms with van der Waals surface area (Å²) in [4.78, 5) is 21.4. The monoisotopic (exact) mass is 350 g/mol. The van der Waals surface area contributed by atoms with Gasteiger partial charge in [0, 0.05) is 5.69 Å². The van der Waals surface area contributed by atoms with Crippen LogP contribution in [0.5, 0.6) is 0 Å². The topological polar surface area (TPSA) is 80.8 Å². The lowest BCUT2D eigenvalue weighted by atomic mass is 10.2. The van der Waals surface area contributed by atoms with Gasteiger partial charge in [0.2, 0.25) is 0 Å². The van der Waals surface area contributed by atoms with E-state index >= 15 is 0 Å². The van der Waals surface area contributed by atoms with Gasteiger partial charge in [0.05, 0.1) is 28.8 Å². The molecular weight excluding hydrogens is 340 g/mol. The number of hydrogen-bond donors (Lipinski definition) is 0. The fourth-order valence-electron chi connectivity index (χ4n) is 2.22. The van der Waals surface area contributed by atoms with Crippen LogP contribution in [0.3, 0.4) is 0 Å². The summed E-state index contributed by atoms with van der Waals surface area (Å²) in [6.45, 7) is 2.38. The fraction of sp³-hybridized carbons (Fsp3) is 0.286. The van der Waals surface area contributed by atoms with Crippen LogP contribution in [0.2, 0.25) is 5.02 Å². The van der Waals surface area contributed by atoms with E-state index in [1.54, 1.807) is 25.1 Å². The molecule has 7 nitrogen and oxygen atoms in total. The highest BCUT2D eigenvalue weighted by atomic mass is 35.5. The average Bonchev–Trinajstić information content (AvgIpc) is 3.11. The lowest BCUT2D eigenvalue weighted by Crippen LogP contribution is -2.25. The molecule has 1 atom stereocenters. The number of ether oxygens (including phenoxy) is 1. The van der Waals surface area contributed by atoms with Crippen LogP contribution >= 0.6 is 23.8 Å². The maximum Gasteiger partial charge on any atom is 0.414 e. The van der Waals surface area contributed by atoms with Gasteiger partial charge >= 0.3 is 6.09 Å². The molecule has 1 aromatic heterocycles. The molecule has 1 unspecified atom stereocenters. The number of hydrogen-bond acceptors (Lipinski definition) is 7. The average molecular weight is 351 g/mol. The first-order valence-corrected chi connectivity index (χ1v) is 7.49. The summed E-state index contributed by atoms with van der Waals surface area (Å²) in [6.07, 6.45) is -0.804. The van der Waals surface area contributed by atoms with E-state index < -0.39 is 6.09 Å². The third kappa shape index (κ3) is 3.24. The quantitative estimate of drug-likeness (QED) is 0.622. The number of carbonyl (C=O) groups is 1. The van der Waals surface area contributed by atoms with Crippen LogP contribution in [0.25, 0.3) is 11.5 Å². The van der Waals surface area contributed by atoms with Crippen LogP contribution in [0.4, 0.5) is 10.5 Å². The predicted molar refractivity (Wildman–Crippen MR) is 87.0 cm³/mol. The molecule has 0 radical (unpaired) electrons. The van der Waals surface area contributed by atoms with Gasteiger partial charge in [0.1, 0.15) is 6.10 Å². The highest BCUT2D eigenvalue weighted by Crippen LogP contribution is 2.32. The van der Waals surface area contributed by atoms with Crippen LogP contribution in [-0.2, 0) is 4.74 Å². The minimum absolute atomic E-state index is 0.290. The highest BCUT2D eigenvalue weighted by Gasteiger charge is 2.32. The number of nitrogens with zero attached hydrogens (tertiary/aromatic N) is 4. The molecule has 0 saturated carbocycles. The largest absolute Gasteiger partial charge is 0.442 e. The molecular formula is C14H11ClN4O3S. The number of benzene rings is 1. The van der Waals surface area contributed by atoms with Gasteiger partial charge in [-0.1, -0.05) is 16.8 Å². The smallest absolute Gasteiger partial charge is 0.414 e. The Balaban J connectivity index is 1.83. The molecule has 3 rings (SSSR count). The van der Waals surface area contributed by atoms with Crippen LogP contribution in [-0.4, -0.2) is 40.6 Å². The summed E-state index contributed by atoms with van der Waals surface area (Å²) in [5.74, 6) is 0.849. The number of rotatable bonds is 4. The van der Waals surface area contributed by atoms with Gasteiger partial charge in [-0.05, 0) is 37.3 Å². The van der Waals surface area contributed by atoms with Gasteiger partial charge in [-0.2, -0.15) is 4.98 Å². The number of anilines is 1. The lowest BCUT2D eigenvalue weighted by Gasteiger charge is -2.13. The number of cyclic esters (lactones) is 1. The minimum atomic E-state index is -0.452. The molecule has 2 heterocycles. The van der Waals surface area contributed by atoms with Crippen molar-refractivity contribution in [1.82, 2.24) is 10.1 Å². The van der Waals surface area contributed by atoms with Crippen molar-refractivity contribution < 1.29 is 14.1 Å². The lowest BCUT2D eigenvalue weighted by molar-refractivity contribution is 0.145. The van der Waals surface area contributed by atoms with Gasteiger partial charge in [0.15, 0.2) is 5.82 Å². The molecule has 1 fully saturated rings. The Labute approximate surface area is 141 Å². The molecule has 0 bridgehead atoms. The van der Waals surface area contributed by atoms with Crippen molar-refractivity contribution in [2.24, 2.45) is 4.99 Å². The van der Waals surface area contributed by atoms with Crippen LogP contribution in [0.15, 0.2) is 27.7 Å². The van der Waals surface area contributed by atoms with Crippen molar-refractivity contribution in [3.63, 3.8) is 0 Å². The minimum Gasteiger partial charge on any atom is -0.442 e. The molecule has 9 heteroatoms. The summed E-state index contributed by atoms with van der Waals surface area (Å²) in [5, 5.41) is 6.39. The number of thiocarbonyl (C=S) groups is 1. The van der Waals surface area contributed by atoms with E-state index in [1.165, 1.54) is 4.90 Å². The van der Waals surface area contributed by atoms with Crippen molar-refractivity contribution in [2.45, 2.75) is 13.0 Å². The zero-order valence-electron chi connectivity index (χ0n) is 12.0. The second-order valence-corrected chi connectivity index (χ2v) is 5.45. The van der Waals surface area contributed by atoms with E-state index in [2.05, 4.69) is 32.5 Å². The SMILES string of the molecule is Cc1noc(-c2ccc(N3CC(CN=C=S)OC3=O)cc2Cl)n1. The van der Waals surface area contributed by atoms with Crippen molar-refractivity contribution in [3.8, 4) is 11.5 Å². The Bertz CT molecular complexity index is 803. The summed E-state index contributed by atoms with van der Waals surface area (Å²) in [6, 6.07) is 5.12. The number of halogens is 1. The van der Waals surface area contributed by atoms with Gasteiger partial charge in [-0.15, -0.1) is 0 Å². The van der Waals surface area contributed by atoms with E-state index in [4.69, 9.17) is 20.9 Å². The zero-order valence-corrected chi connectivity index (χ0v) is 13.6. The molecule has 0 aliphatic carbocycles. The van der Waals surface area contributed by atoms with Crippen molar-refractivity contribution in [1.29, 1.82) is 0 Å². The molecule has 118 valence electrons. The Hall–Kier alpha value is -2.28. The molecule has 1 aliphatic rings. The number of carbonyl (C=O) groups excluding carboxylic acids is 1. The number of amides is 1. The van der Waals surface area contributed by atoms with Crippen LogP contribution < -0.4 is 4.90 Å². The summed E-state index contributed by atoms with van der Waals surface area (Å²) < 4.78 is 10.3. The van der Waals surface area contributed by atoms with E-state index in [0.29, 0.717) is 41.1 Å². The number of aliphatic imine (C=N–C) groups is 1. The van der Waals surface area contributed by atoms with E-state index in [9.17, 15) is 4.79 Å². The molecule has 1 aliphatic heterocycles. The first-order chi connectivity index (χ1) is 11.1. The molecule has 0 N–H and O–H groups in total. The molecule has 0 spiro atoms. The van der Waals surface area contributed by atoms with E-state index in [-0.39, 0.29) is 6.10 Å². The second-order valence-electron chi connectivity index (χ2n) is 4.86. The van der Waals surface area contributed by atoms with Crippen molar-refractivity contribution in [3.05, 3.63) is 29.0 Å². The summed E-state index contributed by atoms with van der Waals surface area (Å²) in [5.41, 5.74) is 1.22. The third-order valence-electron chi connectivity index (χ3n) is 3.26. The zero-order chi connectivity index (χ0) is 16.4. The molecule has 1 saturated heterocycles. The second kappa shape index (κ2) is 6.45. The standard InChI is InChI=1S/C14H11ClN4O3S/c1-8-17-13(22-18-8)11-3-2-9(4-12(11)15)19-6-10(5-16-7-23)21-14(19)20/h2-4,10H,5-6H2,1H3. The normalized spacial score (nSPS) is 17.0. The fourth-order valence-corrected chi connectivity index (χ4v) is 2.55. The van der Waals surface area contributed by atoms with E-state index in [0.717, 1.165) is 0 Å². The Morgan fingerprint density at radius 2 is 2.39 bits per heavy atom. The first-order valence-electron chi connectivity index (χ1n) is 6.70. The number of aryl methyl sites for hydroxylation is 1. The van der Waals surface area contributed by atoms with Crippen LogP contribution in [0, 0.1) is 6.92 Å². The van der Waals surface area contributed by atoms with Gasteiger partial charge in [-0.3, -0.25) is 4.90 Å². The van der Waals surface area contributed by atoms with E-state index in [1.807, 2.05) is 0 Å². The summed E-state index contributed by atoms with van der Waals surface area (Å²) >= 11 is 10.8. The highest BCUT2D eigenvalue weighted by molar-refractivity contribution is 7.78. The maximum absolute atomic E-state index is 11.9. The van der Waals surface area contributed by atoms with Crippen molar-refractivity contribution >= 4 is 40.8 Å². The predicted octanol–water partition coefficient (Wildman–Crippen LogP) is 3.13. The summed E-state index contributed by atoms with van der Waals surface area (Å²) in [7, 11) is 0. The Morgan fingerprint density at radius 3 is 3.04 bits per heavy atom. The van der Waals surface area contributed by atoms with Gasteiger partial charge in [0.25, 0.3) is 5.89 Å². The van der Waals surface area contributed by atoms with Gasteiger partial charge < -0.3 is 9.26 Å². The number of aromatic nitrogens is 2. The Morgan fingerprint density at radius 1 is 1.57 bits per heavy atom. The Kier molecular flexibility index (Phi) is 4.38. The molecule has 2 aromatic rings. The molecule has 1 amide bonds. The maximum atomic E-state index is 11.9. The first kappa shape index (κ1) is 15.6. The molecule has 23 heavy (non-hydrogen) atoms. The molecule has 1 aromatic carbocycles.